The van der Waals surface area contributed by atoms with E-state index in [0.29, 0.717) is 18.2 Å². The van der Waals surface area contributed by atoms with Gasteiger partial charge in [0.05, 0.1) is 12.7 Å². The fourth-order valence-electron chi connectivity index (χ4n) is 4.37. The number of thiophene rings is 1. The molecule has 1 heterocycles. The molecule has 8 heteroatoms. The van der Waals surface area contributed by atoms with Crippen LogP contribution < -0.4 is 10.1 Å². The maximum Gasteiger partial charge on any atom is 0.349 e. The molecule has 0 bridgehead atoms. The van der Waals surface area contributed by atoms with E-state index in [2.05, 4.69) is 17.4 Å². The summed E-state index contributed by atoms with van der Waals surface area (Å²) < 4.78 is 11.4. The number of hydrogen-bond donors (Lipinski definition) is 3. The van der Waals surface area contributed by atoms with Crippen LogP contribution in [0.15, 0.2) is 54.6 Å². The molecule has 0 unspecified atom stereocenters. The van der Waals surface area contributed by atoms with E-state index in [0.717, 1.165) is 53.1 Å². The van der Waals surface area contributed by atoms with E-state index in [1.54, 1.807) is 6.92 Å². The van der Waals surface area contributed by atoms with Crippen molar-refractivity contribution in [1.82, 2.24) is 0 Å². The Morgan fingerprint density at radius 2 is 1.77 bits per heavy atom. The zero-order chi connectivity index (χ0) is 24.8. The fraction of sp³-hybridized carbons (Fsp3) is 0.333. The monoisotopic (exact) mass is 495 g/mol. The maximum atomic E-state index is 11.7. The molecule has 3 N–H and O–H groups in total. The highest BCUT2D eigenvalue weighted by Crippen LogP contribution is 2.42. The standard InChI is InChI=1S/C27H29NO6S/c1-17-24(34-16-23(29)30)26(27(31)32)35-25(17)19-8-5-9-21(14-19)28-20-10-12-22(13-11-20)33-15-18-6-3-2-4-7-18/h2-9,14,20,22,28H,10-13,15-16H2,1H3,(H,29,30)(H,31,32)/t20-,22-. The number of rotatable bonds is 10. The van der Waals surface area contributed by atoms with Crippen LogP contribution in [0.5, 0.6) is 5.75 Å². The number of carboxylic acids is 2. The van der Waals surface area contributed by atoms with E-state index < -0.39 is 18.5 Å². The summed E-state index contributed by atoms with van der Waals surface area (Å²) in [6, 6.07) is 18.4. The van der Waals surface area contributed by atoms with Crippen LogP contribution in [0, 0.1) is 6.92 Å². The molecule has 35 heavy (non-hydrogen) atoms. The molecule has 1 aromatic heterocycles. The Balaban J connectivity index is 1.39. The molecule has 3 aromatic rings. The van der Waals surface area contributed by atoms with Crippen molar-refractivity contribution in [1.29, 1.82) is 0 Å². The Labute approximate surface area is 208 Å². The van der Waals surface area contributed by atoms with Gasteiger partial charge in [0.2, 0.25) is 0 Å². The number of hydrogen-bond acceptors (Lipinski definition) is 6. The first-order valence-electron chi connectivity index (χ1n) is 11.6. The Bertz CT molecular complexity index is 1170. The van der Waals surface area contributed by atoms with E-state index >= 15 is 0 Å². The van der Waals surface area contributed by atoms with Gasteiger partial charge in [-0.2, -0.15) is 0 Å². The summed E-state index contributed by atoms with van der Waals surface area (Å²) in [5.41, 5.74) is 3.65. The molecule has 0 radical (unpaired) electrons. The molecule has 0 aliphatic heterocycles. The predicted octanol–water partition coefficient (Wildman–Crippen LogP) is 5.83. The van der Waals surface area contributed by atoms with Crippen molar-refractivity contribution in [3.63, 3.8) is 0 Å². The third-order valence-corrected chi connectivity index (χ3v) is 7.43. The predicted molar refractivity (Wildman–Crippen MR) is 135 cm³/mol. The van der Waals surface area contributed by atoms with Crippen molar-refractivity contribution in [3.8, 4) is 16.2 Å². The Hall–Kier alpha value is -3.36. The number of benzene rings is 2. The Morgan fingerprint density at radius 3 is 2.46 bits per heavy atom. The van der Waals surface area contributed by atoms with Crippen molar-refractivity contribution in [2.45, 2.75) is 51.4 Å². The van der Waals surface area contributed by atoms with E-state index in [4.69, 9.17) is 14.6 Å². The summed E-state index contributed by atoms with van der Waals surface area (Å²) in [5.74, 6) is -2.17. The van der Waals surface area contributed by atoms with Crippen molar-refractivity contribution in [2.24, 2.45) is 0 Å². The second kappa shape index (κ2) is 11.4. The maximum absolute atomic E-state index is 11.7. The third kappa shape index (κ3) is 6.41. The van der Waals surface area contributed by atoms with Crippen molar-refractivity contribution in [3.05, 3.63) is 70.6 Å². The quantitative estimate of drug-likeness (QED) is 0.325. The number of aromatic carboxylic acids is 1. The summed E-state index contributed by atoms with van der Waals surface area (Å²) in [6.07, 6.45) is 4.30. The first-order valence-corrected chi connectivity index (χ1v) is 12.5. The molecule has 0 amide bonds. The summed E-state index contributed by atoms with van der Waals surface area (Å²) in [7, 11) is 0. The van der Waals surface area contributed by atoms with Gasteiger partial charge < -0.3 is 25.0 Å². The van der Waals surface area contributed by atoms with E-state index in [-0.39, 0.29) is 16.7 Å². The van der Waals surface area contributed by atoms with E-state index in [1.807, 2.05) is 42.5 Å². The van der Waals surface area contributed by atoms with Gasteiger partial charge in [-0.15, -0.1) is 11.3 Å². The van der Waals surface area contributed by atoms with Gasteiger partial charge in [0.1, 0.15) is 5.75 Å². The molecular weight excluding hydrogens is 466 g/mol. The highest BCUT2D eigenvalue weighted by Gasteiger charge is 2.24. The molecule has 1 aliphatic carbocycles. The summed E-state index contributed by atoms with van der Waals surface area (Å²) in [4.78, 5) is 23.4. The van der Waals surface area contributed by atoms with Gasteiger partial charge in [-0.3, -0.25) is 0 Å². The summed E-state index contributed by atoms with van der Waals surface area (Å²) in [5, 5.41) is 22.1. The Kier molecular flexibility index (Phi) is 8.05. The van der Waals surface area contributed by atoms with Gasteiger partial charge >= 0.3 is 11.9 Å². The largest absolute Gasteiger partial charge is 0.480 e. The van der Waals surface area contributed by atoms with Crippen molar-refractivity contribution in [2.75, 3.05) is 11.9 Å². The molecule has 1 fully saturated rings. The number of carbonyl (C=O) groups is 2. The van der Waals surface area contributed by atoms with E-state index in [9.17, 15) is 14.7 Å². The lowest BCUT2D eigenvalue weighted by Crippen LogP contribution is -2.29. The van der Waals surface area contributed by atoms with Crippen molar-refractivity contribution < 1.29 is 29.3 Å². The lowest BCUT2D eigenvalue weighted by atomic mass is 9.92. The number of aliphatic carboxylic acids is 1. The lowest BCUT2D eigenvalue weighted by Gasteiger charge is -2.30. The van der Waals surface area contributed by atoms with Crippen LogP contribution in [0.2, 0.25) is 0 Å². The summed E-state index contributed by atoms with van der Waals surface area (Å²) in [6.45, 7) is 1.81. The molecule has 184 valence electrons. The molecular formula is C27H29NO6S. The lowest BCUT2D eigenvalue weighted by molar-refractivity contribution is -0.139. The molecule has 7 nitrogen and oxygen atoms in total. The average molecular weight is 496 g/mol. The van der Waals surface area contributed by atoms with Crippen LogP contribution in [-0.2, 0) is 16.1 Å². The van der Waals surface area contributed by atoms with Gasteiger partial charge in [0.15, 0.2) is 11.5 Å². The van der Waals surface area contributed by atoms with Crippen molar-refractivity contribution >= 4 is 29.0 Å². The normalized spacial score (nSPS) is 17.6. The topological polar surface area (TPSA) is 105 Å². The fourth-order valence-corrected chi connectivity index (χ4v) is 5.46. The highest BCUT2D eigenvalue weighted by atomic mass is 32.1. The van der Waals surface area contributed by atoms with Crippen LogP contribution >= 0.6 is 11.3 Å². The molecule has 2 aromatic carbocycles. The average Bonchev–Trinajstić information content (AvgIpc) is 3.19. The molecule has 0 atom stereocenters. The SMILES string of the molecule is Cc1c(-c2cccc(N[C@H]3CC[C@H](OCc4ccccc4)CC3)c2)sc(C(=O)O)c1OCC(=O)O. The molecule has 4 rings (SSSR count). The zero-order valence-corrected chi connectivity index (χ0v) is 20.3. The molecule has 1 saturated carbocycles. The van der Waals surface area contributed by atoms with Gasteiger partial charge in [-0.05, 0) is 55.9 Å². The second-order valence-electron chi connectivity index (χ2n) is 8.70. The van der Waals surface area contributed by atoms with Gasteiger partial charge in [0.25, 0.3) is 0 Å². The number of anilines is 1. The Morgan fingerprint density at radius 1 is 1.03 bits per heavy atom. The van der Waals surface area contributed by atoms with Gasteiger partial charge in [-0.1, -0.05) is 42.5 Å². The number of nitrogens with one attached hydrogen (secondary N) is 1. The molecule has 1 aliphatic rings. The first-order chi connectivity index (χ1) is 16.9. The minimum atomic E-state index is -1.15. The van der Waals surface area contributed by atoms with E-state index in [1.165, 1.54) is 5.56 Å². The second-order valence-corrected chi connectivity index (χ2v) is 9.72. The highest BCUT2D eigenvalue weighted by molar-refractivity contribution is 7.18. The zero-order valence-electron chi connectivity index (χ0n) is 19.5. The number of carboxylic acid groups (broad SMARTS) is 2. The van der Waals surface area contributed by atoms with Crippen LogP contribution in [0.25, 0.3) is 10.4 Å². The summed E-state index contributed by atoms with van der Waals surface area (Å²) >= 11 is 1.10. The van der Waals surface area contributed by atoms with Crippen LogP contribution in [0.3, 0.4) is 0 Å². The number of ether oxygens (including phenoxy) is 2. The van der Waals surface area contributed by atoms with Crippen LogP contribution in [0.1, 0.15) is 46.5 Å². The molecule has 0 spiro atoms. The molecule has 0 saturated heterocycles. The third-order valence-electron chi connectivity index (χ3n) is 6.12. The van der Waals surface area contributed by atoms with Crippen LogP contribution in [0.4, 0.5) is 5.69 Å². The smallest absolute Gasteiger partial charge is 0.349 e. The van der Waals surface area contributed by atoms with Gasteiger partial charge in [0, 0.05) is 22.2 Å². The minimum absolute atomic E-state index is 0.00550. The van der Waals surface area contributed by atoms with Gasteiger partial charge in [-0.25, -0.2) is 9.59 Å². The van der Waals surface area contributed by atoms with Crippen LogP contribution in [-0.4, -0.2) is 40.9 Å². The first kappa shape index (κ1) is 24.8. The minimum Gasteiger partial charge on any atom is -0.480 e.